The van der Waals surface area contributed by atoms with Crippen molar-refractivity contribution in [2.75, 3.05) is 12.4 Å². The lowest BCUT2D eigenvalue weighted by Gasteiger charge is -2.17. The van der Waals surface area contributed by atoms with Gasteiger partial charge in [0.05, 0.1) is 11.4 Å². The first kappa shape index (κ1) is 27.3. The average Bonchev–Trinajstić information content (AvgIpc) is 3.26. The number of rotatable bonds is 10. The van der Waals surface area contributed by atoms with Crippen LogP contribution in [0.1, 0.15) is 40.2 Å². The summed E-state index contributed by atoms with van der Waals surface area (Å²) in [6.07, 6.45) is 0.423. The molecule has 1 unspecified atom stereocenters. The van der Waals surface area contributed by atoms with E-state index in [1.165, 1.54) is 5.56 Å². The molecule has 2 N–H and O–H groups in total. The zero-order valence-corrected chi connectivity index (χ0v) is 22.9. The molecule has 0 saturated heterocycles. The smallest absolute Gasteiger partial charge is 0.303 e. The number of carbonyl (C=O) groups excluding carboxylic acids is 1. The Kier molecular flexibility index (Phi) is 8.39. The van der Waals surface area contributed by atoms with Gasteiger partial charge in [-0.3, -0.25) is 19.5 Å². The van der Waals surface area contributed by atoms with Crippen molar-refractivity contribution in [3.05, 3.63) is 130 Å². The Morgan fingerprint density at radius 1 is 0.900 bits per heavy atom. The highest BCUT2D eigenvalue weighted by Crippen LogP contribution is 2.38. The maximum Gasteiger partial charge on any atom is 0.303 e. The summed E-state index contributed by atoms with van der Waals surface area (Å²) in [6, 6.07) is 31.4. The third-order valence-corrected chi connectivity index (χ3v) is 7.14. The predicted octanol–water partition coefficient (Wildman–Crippen LogP) is 6.85. The van der Waals surface area contributed by atoms with E-state index in [4.69, 9.17) is 21.7 Å². The lowest BCUT2D eigenvalue weighted by atomic mass is 9.89. The number of aliphatic imine (C=N–C) groups is 1. The van der Waals surface area contributed by atoms with Crippen LogP contribution >= 0.6 is 11.6 Å². The van der Waals surface area contributed by atoms with Crippen LogP contribution in [-0.2, 0) is 29.1 Å². The average molecular weight is 552 g/mol. The van der Waals surface area contributed by atoms with E-state index in [1.54, 1.807) is 12.1 Å². The molecule has 7 heteroatoms. The second-order valence-corrected chi connectivity index (χ2v) is 10.5. The number of halogens is 1. The number of anilines is 1. The minimum atomic E-state index is -0.852. The fourth-order valence-electron chi connectivity index (χ4n) is 5.02. The minimum Gasteiger partial charge on any atom is -0.481 e. The zero-order valence-electron chi connectivity index (χ0n) is 22.2. The molecule has 5 rings (SSSR count). The van der Waals surface area contributed by atoms with Gasteiger partial charge in [-0.05, 0) is 71.6 Å². The van der Waals surface area contributed by atoms with Gasteiger partial charge < -0.3 is 10.4 Å². The van der Waals surface area contributed by atoms with E-state index >= 15 is 0 Å². The van der Waals surface area contributed by atoms with Crippen molar-refractivity contribution in [2.24, 2.45) is 4.99 Å². The number of benzene rings is 4. The summed E-state index contributed by atoms with van der Waals surface area (Å²) in [7, 11) is 2.09. The molecule has 0 bridgehead atoms. The Hall–Kier alpha value is -4.26. The van der Waals surface area contributed by atoms with E-state index < -0.39 is 11.9 Å². The highest BCUT2D eigenvalue weighted by molar-refractivity contribution is 6.31. The van der Waals surface area contributed by atoms with Crippen LogP contribution in [0, 0.1) is 0 Å². The molecule has 202 valence electrons. The number of hydrogen-bond donors (Lipinski definition) is 2. The molecular formula is C33H30ClN3O3. The Labute approximate surface area is 239 Å². The molecule has 1 aliphatic rings. The molecule has 0 aliphatic carbocycles. The van der Waals surface area contributed by atoms with E-state index in [9.17, 15) is 9.59 Å². The first-order valence-electron chi connectivity index (χ1n) is 13.2. The second-order valence-electron chi connectivity index (χ2n) is 10.1. The molecule has 4 aromatic rings. The van der Waals surface area contributed by atoms with Crippen LogP contribution < -0.4 is 5.32 Å². The number of nitrogens with zero attached hydrogens (tertiary/aromatic N) is 2. The lowest BCUT2D eigenvalue weighted by Crippen LogP contribution is -2.22. The first-order chi connectivity index (χ1) is 19.4. The topological polar surface area (TPSA) is 82.0 Å². The molecule has 6 nitrogen and oxygen atoms in total. The molecule has 0 spiro atoms. The van der Waals surface area contributed by atoms with Gasteiger partial charge in [0.25, 0.3) is 0 Å². The zero-order chi connectivity index (χ0) is 28.1. The summed E-state index contributed by atoms with van der Waals surface area (Å²) >= 11 is 6.19. The molecular weight excluding hydrogens is 522 g/mol. The van der Waals surface area contributed by atoms with Gasteiger partial charge in [-0.2, -0.15) is 0 Å². The highest BCUT2D eigenvalue weighted by atomic mass is 35.5. The number of carboxylic acids is 1. The Morgan fingerprint density at radius 2 is 1.60 bits per heavy atom. The number of nitrogens with one attached hydrogen (secondary N) is 1. The molecule has 4 aromatic carbocycles. The molecule has 0 aromatic heterocycles. The Bertz CT molecular complexity index is 1550. The summed E-state index contributed by atoms with van der Waals surface area (Å²) in [5, 5.41) is 12.6. The predicted molar refractivity (Wildman–Crippen MR) is 159 cm³/mol. The summed E-state index contributed by atoms with van der Waals surface area (Å²) in [6.45, 7) is 1.64. The minimum absolute atomic E-state index is 0.0291. The maximum absolute atomic E-state index is 13.3. The normalized spacial score (nSPS) is 14.7. The van der Waals surface area contributed by atoms with E-state index in [0.29, 0.717) is 22.8 Å². The van der Waals surface area contributed by atoms with Gasteiger partial charge in [-0.15, -0.1) is 0 Å². The Morgan fingerprint density at radius 3 is 2.33 bits per heavy atom. The van der Waals surface area contributed by atoms with E-state index in [2.05, 4.69) is 41.5 Å². The second kappa shape index (κ2) is 12.3. The molecule has 0 radical (unpaired) electrons. The van der Waals surface area contributed by atoms with E-state index in [1.807, 2.05) is 60.7 Å². The third-order valence-electron chi connectivity index (χ3n) is 6.90. The summed E-state index contributed by atoms with van der Waals surface area (Å²) in [4.78, 5) is 31.7. The van der Waals surface area contributed by atoms with Crippen LogP contribution in [0.3, 0.4) is 0 Å². The van der Waals surface area contributed by atoms with Gasteiger partial charge in [-0.25, -0.2) is 0 Å². The van der Waals surface area contributed by atoms with Crippen molar-refractivity contribution in [2.45, 2.75) is 31.8 Å². The number of fused-ring (bicyclic) bond motifs is 1. The number of carbonyl (C=O) groups is 2. The van der Waals surface area contributed by atoms with Crippen molar-refractivity contribution < 1.29 is 14.7 Å². The number of amides is 1. The molecule has 0 fully saturated rings. The number of carboxylic acid groups (broad SMARTS) is 1. The highest BCUT2D eigenvalue weighted by Gasteiger charge is 2.35. The molecule has 1 atom stereocenters. The fraction of sp³-hybridized carbons (Fsp3) is 0.182. The van der Waals surface area contributed by atoms with Gasteiger partial charge >= 0.3 is 5.97 Å². The number of aryl methyl sites for hydroxylation is 1. The van der Waals surface area contributed by atoms with E-state index in [0.717, 1.165) is 41.0 Å². The van der Waals surface area contributed by atoms with Gasteiger partial charge in [-0.1, -0.05) is 78.3 Å². The molecule has 1 aliphatic heterocycles. The van der Waals surface area contributed by atoms with Crippen LogP contribution in [0.5, 0.6) is 0 Å². The van der Waals surface area contributed by atoms with Gasteiger partial charge in [0.2, 0.25) is 5.91 Å². The SMILES string of the molecule is CN(Cc1ccccc1)Cc1ccc(N=C(c2cccc(CCC(=O)O)c2)C2C(=O)Nc3cc(Cl)ccc32)cc1. The molecule has 1 amide bonds. The van der Waals surface area contributed by atoms with Crippen LogP contribution in [0.25, 0.3) is 0 Å². The van der Waals surface area contributed by atoms with Gasteiger partial charge in [0.15, 0.2) is 0 Å². The first-order valence-corrected chi connectivity index (χ1v) is 13.5. The van der Waals surface area contributed by atoms with Crippen molar-refractivity contribution in [1.82, 2.24) is 4.90 Å². The van der Waals surface area contributed by atoms with Crippen molar-refractivity contribution in [3.63, 3.8) is 0 Å². The Balaban J connectivity index is 1.45. The van der Waals surface area contributed by atoms with Gasteiger partial charge in [0.1, 0.15) is 5.92 Å². The van der Waals surface area contributed by atoms with Crippen molar-refractivity contribution in [3.8, 4) is 0 Å². The summed E-state index contributed by atoms with van der Waals surface area (Å²) in [5.74, 6) is -1.65. The maximum atomic E-state index is 13.3. The molecule has 1 heterocycles. The monoisotopic (exact) mass is 551 g/mol. The quantitative estimate of drug-likeness (QED) is 0.211. The van der Waals surface area contributed by atoms with Crippen LogP contribution in [0.2, 0.25) is 5.02 Å². The van der Waals surface area contributed by atoms with Crippen molar-refractivity contribution >= 4 is 40.6 Å². The van der Waals surface area contributed by atoms with E-state index in [-0.39, 0.29) is 12.3 Å². The third kappa shape index (κ3) is 6.65. The summed E-state index contributed by atoms with van der Waals surface area (Å²) in [5.41, 5.74) is 6.89. The fourth-order valence-corrected chi connectivity index (χ4v) is 5.19. The summed E-state index contributed by atoms with van der Waals surface area (Å²) < 4.78 is 0. The van der Waals surface area contributed by atoms with Crippen LogP contribution in [0.15, 0.2) is 102 Å². The number of aliphatic carboxylic acids is 1. The lowest BCUT2D eigenvalue weighted by molar-refractivity contribution is -0.137. The van der Waals surface area contributed by atoms with Crippen LogP contribution in [-0.4, -0.2) is 34.6 Å². The molecule has 40 heavy (non-hydrogen) atoms. The largest absolute Gasteiger partial charge is 0.481 e. The number of hydrogen-bond acceptors (Lipinski definition) is 4. The standard InChI is InChI=1S/C33H30ClN3O3/c1-37(20-23-6-3-2-4-7-23)21-24-10-14-27(15-11-24)35-32(25-9-5-8-22(18-25)12-17-30(38)39)31-28-16-13-26(34)19-29(28)36-33(31)40/h2-11,13-16,18-19,31H,12,17,20-21H2,1H3,(H,36,40)(H,38,39). The molecule has 0 saturated carbocycles. The van der Waals surface area contributed by atoms with Gasteiger partial charge in [0, 0.05) is 30.2 Å². The van der Waals surface area contributed by atoms with Crippen LogP contribution in [0.4, 0.5) is 11.4 Å². The van der Waals surface area contributed by atoms with Crippen molar-refractivity contribution in [1.29, 1.82) is 0 Å².